The third-order valence-corrected chi connectivity index (χ3v) is 4.24. The van der Waals surface area contributed by atoms with E-state index in [1.807, 2.05) is 37.3 Å². The standard InChI is InChI=1S/C17H21NO4/c1-10(2)14-16(20)22-17(21)18(14)15(19)12(4)11(3)13-8-6-5-7-9-13/h5-12,14H,1-4H3/t11-,12-,14-/m1/s1. The lowest BCUT2D eigenvalue weighted by molar-refractivity contribution is -0.141. The van der Waals surface area contributed by atoms with Gasteiger partial charge in [0.1, 0.15) is 6.04 Å². The van der Waals surface area contributed by atoms with E-state index in [9.17, 15) is 14.4 Å². The summed E-state index contributed by atoms with van der Waals surface area (Å²) in [5, 5.41) is 0. The minimum Gasteiger partial charge on any atom is -0.374 e. The second-order valence-electron chi connectivity index (χ2n) is 6.07. The number of carbonyl (C=O) groups excluding carboxylic acids is 3. The minimum atomic E-state index is -0.860. The van der Waals surface area contributed by atoms with Crippen molar-refractivity contribution in [3.05, 3.63) is 35.9 Å². The van der Waals surface area contributed by atoms with Crippen LogP contribution in [0.15, 0.2) is 30.3 Å². The van der Waals surface area contributed by atoms with Gasteiger partial charge in [-0.15, -0.1) is 0 Å². The summed E-state index contributed by atoms with van der Waals surface area (Å²) in [6.07, 6.45) is -0.860. The van der Waals surface area contributed by atoms with Crippen LogP contribution in [0, 0.1) is 11.8 Å². The Kier molecular flexibility index (Phi) is 4.64. The highest BCUT2D eigenvalue weighted by Crippen LogP contribution is 2.29. The lowest BCUT2D eigenvalue weighted by atomic mass is 9.87. The van der Waals surface area contributed by atoms with E-state index in [0.29, 0.717) is 0 Å². The van der Waals surface area contributed by atoms with Gasteiger partial charge in [-0.25, -0.2) is 14.5 Å². The van der Waals surface area contributed by atoms with Crippen LogP contribution in [0.25, 0.3) is 0 Å². The van der Waals surface area contributed by atoms with Gasteiger partial charge in [-0.05, 0) is 17.4 Å². The molecule has 0 aliphatic carbocycles. The highest BCUT2D eigenvalue weighted by molar-refractivity contribution is 6.06. The van der Waals surface area contributed by atoms with Crippen molar-refractivity contribution in [3.63, 3.8) is 0 Å². The smallest absolute Gasteiger partial charge is 0.374 e. The molecule has 0 unspecified atom stereocenters. The van der Waals surface area contributed by atoms with E-state index >= 15 is 0 Å². The van der Waals surface area contributed by atoms with E-state index < -0.39 is 24.0 Å². The molecule has 0 aromatic heterocycles. The lowest BCUT2D eigenvalue weighted by Crippen LogP contribution is -2.46. The molecule has 1 aromatic carbocycles. The van der Waals surface area contributed by atoms with Gasteiger partial charge >= 0.3 is 12.1 Å². The molecule has 0 N–H and O–H groups in total. The van der Waals surface area contributed by atoms with E-state index in [1.54, 1.807) is 20.8 Å². The summed E-state index contributed by atoms with van der Waals surface area (Å²) in [4.78, 5) is 37.3. The maximum atomic E-state index is 12.7. The number of hydrogen-bond acceptors (Lipinski definition) is 4. The Morgan fingerprint density at radius 3 is 2.23 bits per heavy atom. The first-order valence-electron chi connectivity index (χ1n) is 7.48. The molecule has 2 amide bonds. The van der Waals surface area contributed by atoms with Gasteiger partial charge in [0.15, 0.2) is 0 Å². The predicted molar refractivity (Wildman–Crippen MR) is 81.0 cm³/mol. The van der Waals surface area contributed by atoms with E-state index in [2.05, 4.69) is 4.74 Å². The Morgan fingerprint density at radius 1 is 1.09 bits per heavy atom. The molecule has 1 saturated heterocycles. The van der Waals surface area contributed by atoms with E-state index in [0.717, 1.165) is 10.5 Å². The molecular weight excluding hydrogens is 282 g/mol. The van der Waals surface area contributed by atoms with Gasteiger partial charge in [0.05, 0.1) is 0 Å². The van der Waals surface area contributed by atoms with E-state index in [4.69, 9.17) is 0 Å². The quantitative estimate of drug-likeness (QED) is 0.633. The van der Waals surface area contributed by atoms with Gasteiger partial charge in [0.25, 0.3) is 0 Å². The predicted octanol–water partition coefficient (Wildman–Crippen LogP) is 2.96. The van der Waals surface area contributed by atoms with E-state index in [-0.39, 0.29) is 17.7 Å². The summed E-state index contributed by atoms with van der Waals surface area (Å²) >= 11 is 0. The zero-order valence-electron chi connectivity index (χ0n) is 13.3. The lowest BCUT2D eigenvalue weighted by Gasteiger charge is -2.27. The third-order valence-electron chi connectivity index (χ3n) is 4.24. The van der Waals surface area contributed by atoms with Crippen molar-refractivity contribution in [2.24, 2.45) is 11.8 Å². The van der Waals surface area contributed by atoms with Crippen molar-refractivity contribution < 1.29 is 19.1 Å². The first-order chi connectivity index (χ1) is 10.3. The molecule has 0 spiro atoms. The summed E-state index contributed by atoms with van der Waals surface area (Å²) in [5.41, 5.74) is 1.02. The molecule has 0 radical (unpaired) electrons. The minimum absolute atomic E-state index is 0.0648. The Balaban J connectivity index is 2.22. The average molecular weight is 303 g/mol. The molecule has 2 rings (SSSR count). The number of carbonyl (C=O) groups is 3. The molecule has 1 heterocycles. The molecule has 1 aromatic rings. The van der Waals surface area contributed by atoms with Gasteiger partial charge in [-0.1, -0.05) is 58.0 Å². The van der Waals surface area contributed by atoms with Crippen molar-refractivity contribution in [2.45, 2.75) is 39.7 Å². The fourth-order valence-corrected chi connectivity index (χ4v) is 2.69. The fourth-order valence-electron chi connectivity index (χ4n) is 2.69. The van der Waals surface area contributed by atoms with Crippen LogP contribution in [0.1, 0.15) is 39.2 Å². The second-order valence-corrected chi connectivity index (χ2v) is 6.07. The third kappa shape index (κ3) is 2.89. The molecule has 0 bridgehead atoms. The largest absolute Gasteiger partial charge is 0.425 e. The Hall–Kier alpha value is -2.17. The van der Waals surface area contributed by atoms with Crippen molar-refractivity contribution in [1.82, 2.24) is 4.90 Å². The first-order valence-corrected chi connectivity index (χ1v) is 7.48. The van der Waals surface area contributed by atoms with Gasteiger partial charge in [0.2, 0.25) is 5.91 Å². The van der Waals surface area contributed by atoms with Crippen LogP contribution >= 0.6 is 0 Å². The molecule has 1 aliphatic heterocycles. The fraction of sp³-hybridized carbons (Fsp3) is 0.471. The van der Waals surface area contributed by atoms with Crippen molar-refractivity contribution in [3.8, 4) is 0 Å². The highest BCUT2D eigenvalue weighted by Gasteiger charge is 2.48. The Labute approximate surface area is 130 Å². The maximum Gasteiger partial charge on any atom is 0.425 e. The molecule has 5 nitrogen and oxygen atoms in total. The summed E-state index contributed by atoms with van der Waals surface area (Å²) < 4.78 is 4.63. The number of hydrogen-bond donors (Lipinski definition) is 0. The van der Waals surface area contributed by atoms with Crippen LogP contribution in [0.3, 0.4) is 0 Å². The van der Waals surface area contributed by atoms with Crippen LogP contribution < -0.4 is 0 Å². The Morgan fingerprint density at radius 2 is 1.68 bits per heavy atom. The maximum absolute atomic E-state index is 12.7. The molecule has 1 fully saturated rings. The summed E-state index contributed by atoms with van der Waals surface area (Å²) in [5.74, 6) is -1.69. The highest BCUT2D eigenvalue weighted by atomic mass is 16.6. The molecule has 3 atom stereocenters. The number of imide groups is 1. The number of nitrogens with zero attached hydrogens (tertiary/aromatic N) is 1. The number of rotatable bonds is 4. The number of cyclic esters (lactones) is 2. The molecule has 5 heteroatoms. The number of esters is 1. The van der Waals surface area contributed by atoms with Gasteiger partial charge in [-0.3, -0.25) is 4.79 Å². The normalized spacial score (nSPS) is 21.0. The topological polar surface area (TPSA) is 63.7 Å². The zero-order valence-corrected chi connectivity index (χ0v) is 13.3. The van der Waals surface area contributed by atoms with Gasteiger partial charge in [-0.2, -0.15) is 0 Å². The summed E-state index contributed by atoms with van der Waals surface area (Å²) in [6.45, 7) is 7.28. The second kappa shape index (κ2) is 6.30. The molecule has 0 saturated carbocycles. The van der Waals surface area contributed by atoms with Gasteiger partial charge < -0.3 is 4.74 Å². The average Bonchev–Trinajstić information content (AvgIpc) is 2.80. The van der Waals surface area contributed by atoms with Crippen LogP contribution in [0.5, 0.6) is 0 Å². The van der Waals surface area contributed by atoms with Crippen molar-refractivity contribution in [2.75, 3.05) is 0 Å². The monoisotopic (exact) mass is 303 g/mol. The van der Waals surface area contributed by atoms with Crippen molar-refractivity contribution in [1.29, 1.82) is 0 Å². The van der Waals surface area contributed by atoms with Crippen LogP contribution in [0.4, 0.5) is 4.79 Å². The summed E-state index contributed by atoms with van der Waals surface area (Å²) in [7, 11) is 0. The van der Waals surface area contributed by atoms with Crippen LogP contribution in [-0.4, -0.2) is 28.9 Å². The summed E-state index contributed by atoms with van der Waals surface area (Å²) in [6, 6.07) is 8.80. The van der Waals surface area contributed by atoms with Crippen LogP contribution in [0.2, 0.25) is 0 Å². The zero-order chi connectivity index (χ0) is 16.4. The number of ether oxygens (including phenoxy) is 1. The van der Waals surface area contributed by atoms with Gasteiger partial charge in [0, 0.05) is 5.92 Å². The van der Waals surface area contributed by atoms with E-state index in [1.165, 1.54) is 0 Å². The number of amides is 2. The first kappa shape index (κ1) is 16.2. The van der Waals surface area contributed by atoms with Crippen LogP contribution in [-0.2, 0) is 14.3 Å². The number of benzene rings is 1. The SMILES string of the molecule is CC(C)[C@@H]1C(=O)OC(=O)N1C(=O)[C@H](C)[C@@H](C)c1ccccc1. The molecule has 118 valence electrons. The Bertz CT molecular complexity index is 582. The van der Waals surface area contributed by atoms with Crippen molar-refractivity contribution >= 4 is 18.0 Å². The molecule has 22 heavy (non-hydrogen) atoms. The molecular formula is C17H21NO4. The molecule has 1 aliphatic rings.